The largest absolute Gasteiger partial charge is 0.207 e. The number of halogens is 1. The number of hydrogen-bond donors (Lipinski definition) is 0. The lowest BCUT2D eigenvalue weighted by atomic mass is 10.1. The molecule has 0 aromatic heterocycles. The van der Waals surface area contributed by atoms with Crippen LogP contribution >= 0.6 is 0 Å². The second kappa shape index (κ2) is 5.54. The van der Waals surface area contributed by atoms with E-state index in [0.717, 1.165) is 5.56 Å². The standard InChI is InChI=1S/C18H25FSi2/c1-20(2,3)17-12-15(18(13-17)21(4,5)6)11-14-7-9-16(19)10-8-14/h7-13H,1-6H3/b15-11+. The molecule has 21 heavy (non-hydrogen) atoms. The molecule has 112 valence electrons. The molecule has 0 heterocycles. The topological polar surface area (TPSA) is 0 Å². The van der Waals surface area contributed by atoms with E-state index in [1.165, 1.54) is 28.1 Å². The van der Waals surface area contributed by atoms with Gasteiger partial charge in [-0.3, -0.25) is 0 Å². The summed E-state index contributed by atoms with van der Waals surface area (Å²) in [5, 5.41) is 3.04. The van der Waals surface area contributed by atoms with Gasteiger partial charge >= 0.3 is 0 Å². The van der Waals surface area contributed by atoms with Crippen molar-refractivity contribution >= 4 is 22.2 Å². The van der Waals surface area contributed by atoms with Crippen LogP contribution in [0.15, 0.2) is 52.4 Å². The Balaban J connectivity index is 2.47. The van der Waals surface area contributed by atoms with Crippen molar-refractivity contribution in [3.8, 4) is 0 Å². The Kier molecular flexibility index (Phi) is 4.27. The number of benzene rings is 1. The third-order valence-electron chi connectivity index (χ3n) is 3.79. The molecule has 0 amide bonds. The van der Waals surface area contributed by atoms with Crippen LogP contribution in [0.3, 0.4) is 0 Å². The second-order valence-electron chi connectivity index (χ2n) is 7.81. The van der Waals surface area contributed by atoms with Crippen LogP contribution in [-0.2, 0) is 0 Å². The van der Waals surface area contributed by atoms with E-state index < -0.39 is 16.1 Å². The van der Waals surface area contributed by atoms with Crippen molar-refractivity contribution in [2.45, 2.75) is 39.3 Å². The fraction of sp³-hybridized carbons (Fsp3) is 0.333. The lowest BCUT2D eigenvalue weighted by Crippen LogP contribution is -2.25. The van der Waals surface area contributed by atoms with Crippen LogP contribution in [0.1, 0.15) is 5.56 Å². The van der Waals surface area contributed by atoms with Gasteiger partial charge in [-0.25, -0.2) is 4.39 Å². The molecule has 0 N–H and O–H groups in total. The van der Waals surface area contributed by atoms with Crippen LogP contribution in [0.5, 0.6) is 0 Å². The molecule has 3 heteroatoms. The summed E-state index contributed by atoms with van der Waals surface area (Å²) in [6.07, 6.45) is 7.01. The van der Waals surface area contributed by atoms with Gasteiger partial charge in [0, 0.05) is 0 Å². The Labute approximate surface area is 130 Å². The first-order valence-electron chi connectivity index (χ1n) is 7.49. The summed E-state index contributed by atoms with van der Waals surface area (Å²) in [7, 11) is -2.69. The minimum absolute atomic E-state index is 0.178. The minimum Gasteiger partial charge on any atom is -0.207 e. The molecular formula is C18H25FSi2. The van der Waals surface area contributed by atoms with Gasteiger partial charge in [-0.15, -0.1) is 0 Å². The Morgan fingerprint density at radius 2 is 1.38 bits per heavy atom. The van der Waals surface area contributed by atoms with Crippen LogP contribution in [0.25, 0.3) is 6.08 Å². The van der Waals surface area contributed by atoms with Gasteiger partial charge in [0.2, 0.25) is 0 Å². The summed E-state index contributed by atoms with van der Waals surface area (Å²) < 4.78 is 13.1. The zero-order valence-corrected chi connectivity index (χ0v) is 15.9. The maximum absolute atomic E-state index is 13.1. The first-order valence-corrected chi connectivity index (χ1v) is 14.5. The molecule has 1 aliphatic rings. The molecule has 0 atom stereocenters. The molecule has 2 rings (SSSR count). The van der Waals surface area contributed by atoms with Gasteiger partial charge in [0.05, 0.1) is 16.1 Å². The van der Waals surface area contributed by atoms with Crippen LogP contribution in [0, 0.1) is 5.82 Å². The van der Waals surface area contributed by atoms with Gasteiger partial charge in [-0.2, -0.15) is 0 Å². The Hall–Kier alpha value is -1.20. The molecule has 0 fully saturated rings. The highest BCUT2D eigenvalue weighted by atomic mass is 28.3. The van der Waals surface area contributed by atoms with E-state index in [1.807, 2.05) is 12.1 Å². The van der Waals surface area contributed by atoms with Gasteiger partial charge < -0.3 is 0 Å². The van der Waals surface area contributed by atoms with Crippen molar-refractivity contribution in [2.75, 3.05) is 0 Å². The van der Waals surface area contributed by atoms with Gasteiger partial charge in [0.25, 0.3) is 0 Å². The third kappa shape index (κ3) is 3.92. The zero-order chi connectivity index (χ0) is 15.8. The maximum Gasteiger partial charge on any atom is 0.123 e. The first kappa shape index (κ1) is 16.2. The first-order chi connectivity index (χ1) is 9.57. The molecule has 0 unspecified atom stereocenters. The van der Waals surface area contributed by atoms with Crippen molar-refractivity contribution in [2.24, 2.45) is 0 Å². The third-order valence-corrected chi connectivity index (χ3v) is 7.86. The predicted molar refractivity (Wildman–Crippen MR) is 97.2 cm³/mol. The van der Waals surface area contributed by atoms with E-state index in [1.54, 1.807) is 0 Å². The van der Waals surface area contributed by atoms with E-state index in [-0.39, 0.29) is 5.82 Å². The highest BCUT2D eigenvalue weighted by Gasteiger charge is 2.29. The quantitative estimate of drug-likeness (QED) is 0.615. The molecule has 1 aliphatic carbocycles. The van der Waals surface area contributed by atoms with E-state index in [4.69, 9.17) is 0 Å². The number of hydrogen-bond acceptors (Lipinski definition) is 0. The average molecular weight is 317 g/mol. The molecule has 1 aromatic rings. The Morgan fingerprint density at radius 3 is 1.86 bits per heavy atom. The summed E-state index contributed by atoms with van der Waals surface area (Å²) in [6.45, 7) is 14.3. The van der Waals surface area contributed by atoms with Gasteiger partial charge in [-0.05, 0) is 29.3 Å². The van der Waals surface area contributed by atoms with Crippen LogP contribution in [-0.4, -0.2) is 16.1 Å². The number of allylic oxidation sites excluding steroid dienone is 5. The molecule has 0 saturated carbocycles. The van der Waals surface area contributed by atoms with E-state index in [9.17, 15) is 4.39 Å². The fourth-order valence-corrected chi connectivity index (χ4v) is 5.38. The minimum atomic E-state index is -1.38. The molecule has 0 aliphatic heterocycles. The molecule has 0 spiro atoms. The zero-order valence-electron chi connectivity index (χ0n) is 13.9. The van der Waals surface area contributed by atoms with Crippen molar-refractivity contribution < 1.29 is 4.39 Å². The van der Waals surface area contributed by atoms with Crippen molar-refractivity contribution in [1.82, 2.24) is 0 Å². The second-order valence-corrected chi connectivity index (χ2v) is 17.9. The van der Waals surface area contributed by atoms with Gasteiger partial charge in [0.15, 0.2) is 0 Å². The highest BCUT2D eigenvalue weighted by Crippen LogP contribution is 2.35. The van der Waals surface area contributed by atoms with Crippen molar-refractivity contribution in [3.63, 3.8) is 0 Å². The molecule has 0 bridgehead atoms. The van der Waals surface area contributed by atoms with Crippen LogP contribution < -0.4 is 0 Å². The summed E-state index contributed by atoms with van der Waals surface area (Å²) >= 11 is 0. The molecule has 0 nitrogen and oxygen atoms in total. The Bertz CT molecular complexity index is 621. The summed E-state index contributed by atoms with van der Waals surface area (Å²) in [5.41, 5.74) is 2.40. The van der Waals surface area contributed by atoms with E-state index in [0.29, 0.717) is 0 Å². The molecule has 0 radical (unpaired) electrons. The lowest BCUT2D eigenvalue weighted by Gasteiger charge is -2.20. The lowest BCUT2D eigenvalue weighted by molar-refractivity contribution is 0.628. The smallest absolute Gasteiger partial charge is 0.123 e. The summed E-state index contributed by atoms with van der Waals surface area (Å²) in [5.74, 6) is -0.178. The predicted octanol–water partition coefficient (Wildman–Crippen LogP) is 5.83. The molecular weight excluding hydrogens is 291 g/mol. The van der Waals surface area contributed by atoms with E-state index >= 15 is 0 Å². The normalized spacial score (nSPS) is 18.0. The Morgan fingerprint density at radius 1 is 0.810 bits per heavy atom. The highest BCUT2D eigenvalue weighted by molar-refractivity contribution is 6.87. The SMILES string of the molecule is C[Si](C)(C)C1=C/C(=C\c2ccc(F)cc2)C([Si](C)(C)C)=C1. The van der Waals surface area contributed by atoms with Gasteiger partial charge in [0.1, 0.15) is 5.82 Å². The van der Waals surface area contributed by atoms with Crippen LogP contribution in [0.2, 0.25) is 39.3 Å². The maximum atomic E-state index is 13.1. The fourth-order valence-electron chi connectivity index (χ4n) is 2.47. The number of rotatable bonds is 3. The average Bonchev–Trinajstić information content (AvgIpc) is 2.75. The van der Waals surface area contributed by atoms with E-state index in [2.05, 4.69) is 57.5 Å². The summed E-state index contributed by atoms with van der Waals surface area (Å²) in [6, 6.07) is 6.76. The van der Waals surface area contributed by atoms with Crippen molar-refractivity contribution in [3.05, 3.63) is 63.8 Å². The summed E-state index contributed by atoms with van der Waals surface area (Å²) in [4.78, 5) is 0. The monoisotopic (exact) mass is 316 g/mol. The van der Waals surface area contributed by atoms with Crippen LogP contribution in [0.4, 0.5) is 4.39 Å². The van der Waals surface area contributed by atoms with Gasteiger partial charge in [-0.1, -0.05) is 74.0 Å². The van der Waals surface area contributed by atoms with Crippen molar-refractivity contribution in [1.29, 1.82) is 0 Å². The molecule has 1 aromatic carbocycles. The molecule has 0 saturated heterocycles.